The molecular formula is C56H67N7O15. The zero-order chi connectivity index (χ0) is 56.1. The van der Waals surface area contributed by atoms with E-state index in [1.807, 2.05) is 18.2 Å². The molecule has 0 unspecified atom stereocenters. The molecule has 5 aliphatic rings. The van der Waals surface area contributed by atoms with Gasteiger partial charge >= 0.3 is 23.6 Å². The number of carbonyl (C=O) groups excluding carboxylic acids is 3. The number of ketones is 1. The Balaban J connectivity index is 1.04. The van der Waals surface area contributed by atoms with Crippen LogP contribution < -0.4 is 25.5 Å². The number of methoxy groups -OCH3 is 1. The molecule has 1 spiro atoms. The number of likely N-dealkylation sites (tertiary alicyclic amines) is 1. The second kappa shape index (κ2) is 21.9. The molecular weight excluding hydrogens is 1010 g/mol. The van der Waals surface area contributed by atoms with Crippen LogP contribution in [0.4, 0.5) is 11.5 Å². The number of aromatic nitrogens is 2. The van der Waals surface area contributed by atoms with Gasteiger partial charge in [0.25, 0.3) is 11.7 Å². The lowest BCUT2D eigenvalue weighted by molar-refractivity contribution is -0.389. The first-order valence-corrected chi connectivity index (χ1v) is 26.1. The Hall–Kier alpha value is -7.24. The molecule has 9 rings (SSSR count). The maximum atomic E-state index is 15.0. The van der Waals surface area contributed by atoms with Crippen LogP contribution in [0, 0.1) is 40.7 Å². The number of nitrogens with one attached hydrogen (secondary N) is 1. The van der Waals surface area contributed by atoms with Crippen molar-refractivity contribution < 1.29 is 68.2 Å². The molecule has 0 aliphatic carbocycles. The number of amides is 1. The van der Waals surface area contributed by atoms with E-state index in [2.05, 4.69) is 26.3 Å². The number of aromatic hydroxyl groups is 2. The summed E-state index contributed by atoms with van der Waals surface area (Å²) in [7, 11) is 1.45. The van der Waals surface area contributed by atoms with E-state index in [-0.39, 0.29) is 80.8 Å². The topological polar surface area (TPSA) is 288 Å². The monoisotopic (exact) mass is 1080 g/mol. The average Bonchev–Trinajstić information content (AvgIpc) is 4.18. The van der Waals surface area contributed by atoms with Gasteiger partial charge in [-0.15, -0.1) is 0 Å². The summed E-state index contributed by atoms with van der Waals surface area (Å²) in [5.74, 6) is -7.77. The molecule has 78 heavy (non-hydrogen) atoms. The fourth-order valence-electron chi connectivity index (χ4n) is 11.2. The van der Waals surface area contributed by atoms with Crippen LogP contribution >= 0.6 is 0 Å². The van der Waals surface area contributed by atoms with Crippen molar-refractivity contribution in [3.63, 3.8) is 0 Å². The van der Waals surface area contributed by atoms with Crippen LogP contribution in [0.15, 0.2) is 76.6 Å². The van der Waals surface area contributed by atoms with Gasteiger partial charge in [-0.25, -0.2) is 4.99 Å². The molecule has 5 N–H and O–H groups in total. The Morgan fingerprint density at radius 1 is 0.987 bits per heavy atom. The van der Waals surface area contributed by atoms with Crippen molar-refractivity contribution in [1.29, 1.82) is 0 Å². The Morgan fingerprint density at radius 3 is 2.42 bits per heavy atom. The Labute approximate surface area is 449 Å². The summed E-state index contributed by atoms with van der Waals surface area (Å²) in [5, 5.41) is 62.1. The van der Waals surface area contributed by atoms with Gasteiger partial charge in [0.05, 0.1) is 54.4 Å². The van der Waals surface area contributed by atoms with Gasteiger partial charge in [0.1, 0.15) is 52.9 Å². The van der Waals surface area contributed by atoms with E-state index < -0.39 is 93.6 Å². The van der Waals surface area contributed by atoms with Crippen molar-refractivity contribution in [3.8, 4) is 23.3 Å². The van der Waals surface area contributed by atoms with Gasteiger partial charge in [-0.05, 0) is 36.0 Å². The van der Waals surface area contributed by atoms with Crippen LogP contribution in [0.25, 0.3) is 10.8 Å². The third kappa shape index (κ3) is 10.6. The van der Waals surface area contributed by atoms with Gasteiger partial charge in [0.2, 0.25) is 0 Å². The molecule has 6 heterocycles. The zero-order valence-corrected chi connectivity index (χ0v) is 45.1. The number of phenolic OH excluding ortho intramolecular Hbond substituents is 2. The quantitative estimate of drug-likeness (QED) is 0.0641. The highest BCUT2D eigenvalue weighted by atomic mass is 16.7. The number of allylic oxidation sites excluding steroid dienone is 2. The predicted molar refractivity (Wildman–Crippen MR) is 281 cm³/mol. The van der Waals surface area contributed by atoms with E-state index in [0.717, 1.165) is 11.1 Å². The van der Waals surface area contributed by atoms with Gasteiger partial charge < -0.3 is 64.3 Å². The molecule has 5 aliphatic heterocycles. The number of fused-ring (bicyclic) bond motifs is 2. The summed E-state index contributed by atoms with van der Waals surface area (Å²) in [4.78, 5) is 68.1. The summed E-state index contributed by atoms with van der Waals surface area (Å²) in [6.07, 6.45) is 5.56. The fraction of sp³-hybridized carbons (Fsp3) is 0.500. The van der Waals surface area contributed by atoms with Crippen molar-refractivity contribution in [3.05, 3.63) is 110 Å². The number of hydrogen-bond acceptors (Lipinski definition) is 19. The minimum absolute atomic E-state index is 0.00336. The maximum Gasteiger partial charge on any atom is 0.414 e. The van der Waals surface area contributed by atoms with E-state index in [0.29, 0.717) is 39.0 Å². The molecule has 416 valence electrons. The summed E-state index contributed by atoms with van der Waals surface area (Å²) in [6, 6.07) is 8.20. The number of aliphatic hydroxyl groups excluding tert-OH is 2. The Bertz CT molecular complexity index is 3270. The number of hydrogen-bond donors (Lipinski definition) is 5. The van der Waals surface area contributed by atoms with Gasteiger partial charge in [0, 0.05) is 98.6 Å². The predicted octanol–water partition coefficient (Wildman–Crippen LogP) is 5.38. The number of anilines is 1. The lowest BCUT2D eigenvalue weighted by Gasteiger charge is -2.38. The molecule has 10 atom stereocenters. The lowest BCUT2D eigenvalue weighted by atomic mass is 9.78. The van der Waals surface area contributed by atoms with Crippen LogP contribution in [0.3, 0.4) is 0 Å². The molecule has 4 aromatic rings. The highest BCUT2D eigenvalue weighted by Gasteiger charge is 2.51. The molecule has 22 heteroatoms. The van der Waals surface area contributed by atoms with Crippen LogP contribution in [0.2, 0.25) is 0 Å². The van der Waals surface area contributed by atoms with Crippen molar-refractivity contribution in [1.82, 2.24) is 14.5 Å². The number of carbonyl (C=O) groups is 3. The summed E-state index contributed by atoms with van der Waals surface area (Å²) in [6.45, 7) is 15.3. The van der Waals surface area contributed by atoms with E-state index >= 15 is 0 Å². The second-order valence-corrected chi connectivity index (χ2v) is 21.4. The summed E-state index contributed by atoms with van der Waals surface area (Å²) in [5.41, 5.74) is 1.52. The van der Waals surface area contributed by atoms with Crippen LogP contribution in [0.5, 0.6) is 23.3 Å². The van der Waals surface area contributed by atoms with E-state index in [9.17, 15) is 44.9 Å². The first-order chi connectivity index (χ1) is 37.0. The minimum Gasteiger partial charge on any atom is -0.507 e. The first-order valence-electron chi connectivity index (χ1n) is 26.1. The van der Waals surface area contributed by atoms with Crippen molar-refractivity contribution >= 4 is 39.9 Å². The van der Waals surface area contributed by atoms with E-state index in [1.165, 1.54) is 52.5 Å². The number of esters is 1. The lowest BCUT2D eigenvalue weighted by Crippen LogP contribution is -2.46. The third-order valence-corrected chi connectivity index (χ3v) is 15.9. The molecule has 1 amide bonds. The Morgan fingerprint density at radius 2 is 1.72 bits per heavy atom. The standard InChI is InChI=1S/C56H67N7O15/c1-28-12-10-13-29(2)53(70)58-45-44-43(59-56(60-44)17-19-61(20-18-56)23-35-14-11-15-36(22-35)26-74-37-24-62-25-39(63(71)72)57-54(62)75-27-37)40-41(49(45)68)48(67)33(6)51-42(40)52(69)55(8,78-51)76-21-16-38(73-9)30(3)50(77-34(7)64)32(5)47(66)31(4)46(28)65/h10-16,21-22,25,28,30-32,37-38,46-47,50,59,65-68H,17-20,23-24,26-27H2,1-9H3/t28-,30+,31+,32+,37-,38-,46-,47+,50+,55-/m0/s1. The smallest absolute Gasteiger partial charge is 0.414 e. The molecule has 1 fully saturated rings. The summed E-state index contributed by atoms with van der Waals surface area (Å²) >= 11 is 0. The molecule has 3 aromatic carbocycles. The molecule has 1 saturated heterocycles. The van der Waals surface area contributed by atoms with Gasteiger partial charge in [0.15, 0.2) is 5.75 Å². The molecule has 0 saturated carbocycles. The number of piperidine rings is 1. The van der Waals surface area contributed by atoms with Gasteiger partial charge in [-0.2, -0.15) is 0 Å². The zero-order valence-electron chi connectivity index (χ0n) is 45.1. The fourth-order valence-corrected chi connectivity index (χ4v) is 11.2. The van der Waals surface area contributed by atoms with E-state index in [4.69, 9.17) is 33.4 Å². The van der Waals surface area contributed by atoms with Gasteiger partial charge in [-0.1, -0.05) is 70.2 Å². The SMILES string of the molecule is CO[C@H]1C=CO[C@@]2(C)Oc3c(C)c(O)c4c(O)c(c5c(c4c3C2=O)NC2(CCN(Cc3cccc(CO[C@@H]4COc6nc([N+](=O)[O-])cn6C4)c3)CC2)N=5)=NC(=O)C(C)=CC=C[C@H](C)[C@H](O)[C@@H](C)[C@@H](O)[C@@H](C)[C@H](OC(C)=O)[C@@H]1C. The van der Waals surface area contributed by atoms with Gasteiger partial charge in [-0.3, -0.25) is 28.8 Å². The van der Waals surface area contributed by atoms with E-state index in [1.54, 1.807) is 51.3 Å². The Kier molecular flexibility index (Phi) is 15.6. The molecule has 0 radical (unpaired) electrons. The largest absolute Gasteiger partial charge is 0.507 e. The number of benzene rings is 3. The number of aliphatic hydroxyl groups is 2. The highest BCUT2D eigenvalue weighted by molar-refractivity contribution is 6.21. The first kappa shape index (κ1) is 55.5. The van der Waals surface area contributed by atoms with Crippen LogP contribution in [-0.4, -0.2) is 126 Å². The number of phenols is 2. The number of nitro groups is 1. The number of Topliss-reactive ketones (excluding diaryl/α,β-unsaturated/α-hetero) is 1. The number of nitrogens with zero attached hydrogens (tertiary/aromatic N) is 6. The molecule has 22 nitrogen and oxygen atoms in total. The van der Waals surface area contributed by atoms with Crippen LogP contribution in [-0.2, 0) is 48.2 Å². The summed E-state index contributed by atoms with van der Waals surface area (Å²) < 4.78 is 37.5. The minimum atomic E-state index is -2.01. The maximum absolute atomic E-state index is 15.0. The normalized spacial score (nSPS) is 28.2. The average molecular weight is 1080 g/mol. The van der Waals surface area contributed by atoms with Crippen molar-refractivity contribution in [2.75, 3.05) is 32.1 Å². The van der Waals surface area contributed by atoms with Crippen LogP contribution in [0.1, 0.15) is 88.4 Å². The third-order valence-electron chi connectivity index (χ3n) is 15.9. The molecule has 1 aromatic heterocycles. The highest BCUT2D eigenvalue weighted by Crippen LogP contribution is 2.51. The van der Waals surface area contributed by atoms with Crippen molar-refractivity contribution in [2.45, 2.75) is 130 Å². The second-order valence-electron chi connectivity index (χ2n) is 21.4. The number of imidazole rings is 1. The number of rotatable bonds is 8. The number of ether oxygens (including phenoxy) is 6. The van der Waals surface area contributed by atoms with Crippen molar-refractivity contribution in [2.24, 2.45) is 33.7 Å². The molecule has 4 bridgehead atoms.